The van der Waals surface area contributed by atoms with Crippen LogP contribution in [-0.4, -0.2) is 18.8 Å². The van der Waals surface area contributed by atoms with Gasteiger partial charge in [0, 0.05) is 24.2 Å². The number of aromatic nitrogens is 1. The summed E-state index contributed by atoms with van der Waals surface area (Å²) in [5, 5.41) is 1.27. The van der Waals surface area contributed by atoms with Gasteiger partial charge in [-0.25, -0.2) is 0 Å². The fourth-order valence-electron chi connectivity index (χ4n) is 4.46. The molecule has 1 aromatic heterocycles. The third-order valence-corrected chi connectivity index (χ3v) is 5.61. The second-order valence-electron chi connectivity index (χ2n) is 6.88. The van der Waals surface area contributed by atoms with E-state index >= 15 is 0 Å². The molecule has 0 saturated carbocycles. The molecule has 0 spiro atoms. The second-order valence-corrected chi connectivity index (χ2v) is 6.88. The van der Waals surface area contributed by atoms with Crippen LogP contribution in [-0.2, 0) is 11.8 Å². The summed E-state index contributed by atoms with van der Waals surface area (Å²) < 4.78 is 19.3. The summed E-state index contributed by atoms with van der Waals surface area (Å²) in [5.74, 6) is 1.50. The van der Waals surface area contributed by atoms with Crippen molar-refractivity contribution >= 4 is 10.9 Å². The standard InChI is InChI=1S/C21H21NO3/c1-22-9-8-13-14(12-4-5-17(23-2)19(10-12)24-3)11-15-16-6-7-18(25-16)20(15)21(13)22/h4-5,8-11,16,18H,6-7H2,1-3H3. The largest absolute Gasteiger partial charge is 0.493 e. The van der Waals surface area contributed by atoms with Gasteiger partial charge in [0.25, 0.3) is 0 Å². The summed E-state index contributed by atoms with van der Waals surface area (Å²) in [6.07, 6.45) is 4.90. The van der Waals surface area contributed by atoms with Gasteiger partial charge in [-0.2, -0.15) is 0 Å². The molecule has 2 bridgehead atoms. The second kappa shape index (κ2) is 5.27. The van der Waals surface area contributed by atoms with Crippen molar-refractivity contribution in [2.75, 3.05) is 14.2 Å². The zero-order valence-corrected chi connectivity index (χ0v) is 14.7. The van der Waals surface area contributed by atoms with Gasteiger partial charge in [0.15, 0.2) is 11.5 Å². The molecule has 0 aliphatic carbocycles. The molecular weight excluding hydrogens is 314 g/mol. The van der Waals surface area contributed by atoms with Gasteiger partial charge in [0.2, 0.25) is 0 Å². The third kappa shape index (κ3) is 1.97. The SMILES string of the molecule is COc1ccc(-c2cc3c(c4c2ccn4C)C2CCC3O2)cc1OC. The lowest BCUT2D eigenvalue weighted by atomic mass is 9.86. The first-order chi connectivity index (χ1) is 12.2. The van der Waals surface area contributed by atoms with Crippen LogP contribution in [0.15, 0.2) is 36.5 Å². The van der Waals surface area contributed by atoms with Gasteiger partial charge in [0.1, 0.15) is 0 Å². The van der Waals surface area contributed by atoms with Gasteiger partial charge in [-0.1, -0.05) is 6.07 Å². The van der Waals surface area contributed by atoms with Gasteiger partial charge in [-0.05, 0) is 53.8 Å². The highest BCUT2D eigenvalue weighted by Gasteiger charge is 2.40. The Morgan fingerprint density at radius 3 is 2.60 bits per heavy atom. The smallest absolute Gasteiger partial charge is 0.161 e. The average molecular weight is 335 g/mol. The van der Waals surface area contributed by atoms with E-state index in [1.165, 1.54) is 27.6 Å². The molecule has 128 valence electrons. The summed E-state index contributed by atoms with van der Waals surface area (Å²) >= 11 is 0. The maximum atomic E-state index is 6.19. The van der Waals surface area contributed by atoms with Crippen LogP contribution in [0.2, 0.25) is 0 Å². The predicted molar refractivity (Wildman–Crippen MR) is 97.3 cm³/mol. The van der Waals surface area contributed by atoms with Crippen LogP contribution < -0.4 is 9.47 Å². The van der Waals surface area contributed by atoms with Crippen LogP contribution in [0.3, 0.4) is 0 Å². The lowest BCUT2D eigenvalue weighted by Gasteiger charge is -2.17. The number of rotatable bonds is 3. The fourth-order valence-corrected chi connectivity index (χ4v) is 4.46. The average Bonchev–Trinajstić information content (AvgIpc) is 3.35. The van der Waals surface area contributed by atoms with E-state index in [9.17, 15) is 0 Å². The van der Waals surface area contributed by atoms with Gasteiger partial charge in [-0.15, -0.1) is 0 Å². The van der Waals surface area contributed by atoms with E-state index in [0.717, 1.165) is 29.9 Å². The van der Waals surface area contributed by atoms with Crippen molar-refractivity contribution in [1.82, 2.24) is 4.57 Å². The molecule has 0 radical (unpaired) electrons. The number of methoxy groups -OCH3 is 2. The molecule has 5 rings (SSSR count). The Balaban J connectivity index is 1.78. The van der Waals surface area contributed by atoms with E-state index in [1.54, 1.807) is 14.2 Å². The Morgan fingerprint density at radius 1 is 1.00 bits per heavy atom. The molecule has 25 heavy (non-hydrogen) atoms. The quantitative estimate of drug-likeness (QED) is 0.691. The van der Waals surface area contributed by atoms with E-state index in [-0.39, 0.29) is 12.2 Å². The molecule has 2 aliphatic rings. The van der Waals surface area contributed by atoms with Crippen LogP contribution in [0.5, 0.6) is 11.5 Å². The van der Waals surface area contributed by atoms with Crippen LogP contribution in [0.25, 0.3) is 22.0 Å². The Bertz CT molecular complexity index is 988. The van der Waals surface area contributed by atoms with Crippen molar-refractivity contribution in [3.8, 4) is 22.6 Å². The van der Waals surface area contributed by atoms with Crippen molar-refractivity contribution < 1.29 is 14.2 Å². The Morgan fingerprint density at radius 2 is 1.80 bits per heavy atom. The number of aryl methyl sites for hydroxylation is 1. The number of nitrogens with zero attached hydrogens (tertiary/aromatic N) is 1. The number of benzene rings is 2. The number of hydrogen-bond acceptors (Lipinski definition) is 3. The molecule has 3 aromatic rings. The number of fused-ring (bicyclic) bond motifs is 7. The first-order valence-corrected chi connectivity index (χ1v) is 8.71. The lowest BCUT2D eigenvalue weighted by Crippen LogP contribution is -2.02. The van der Waals surface area contributed by atoms with Crippen molar-refractivity contribution in [2.45, 2.75) is 25.0 Å². The fraction of sp³-hybridized carbons (Fsp3) is 0.333. The summed E-state index contributed by atoms with van der Waals surface area (Å²) in [6, 6.07) is 10.7. The molecular formula is C21H21NO3. The molecule has 2 aliphatic heterocycles. The predicted octanol–water partition coefficient (Wildman–Crippen LogP) is 4.77. The van der Waals surface area contributed by atoms with Crippen LogP contribution in [0.4, 0.5) is 0 Å². The Labute approximate surface area is 146 Å². The molecule has 4 nitrogen and oxygen atoms in total. The van der Waals surface area contributed by atoms with Gasteiger partial charge in [-0.3, -0.25) is 0 Å². The molecule has 0 amide bonds. The summed E-state index contributed by atoms with van der Waals surface area (Å²) in [6.45, 7) is 0. The molecule has 0 N–H and O–H groups in total. The molecule has 2 aromatic carbocycles. The highest BCUT2D eigenvalue weighted by molar-refractivity contribution is 5.99. The van der Waals surface area contributed by atoms with Crippen LogP contribution in [0.1, 0.15) is 36.2 Å². The monoisotopic (exact) mass is 335 g/mol. The maximum absolute atomic E-state index is 6.19. The Hall–Kier alpha value is -2.46. The number of hydrogen-bond donors (Lipinski definition) is 0. The molecule has 2 unspecified atom stereocenters. The Kier molecular flexibility index (Phi) is 3.13. The summed E-state index contributed by atoms with van der Waals surface area (Å²) in [4.78, 5) is 0. The van der Waals surface area contributed by atoms with Crippen LogP contribution in [0, 0.1) is 0 Å². The van der Waals surface area contributed by atoms with Crippen molar-refractivity contribution in [3.63, 3.8) is 0 Å². The topological polar surface area (TPSA) is 32.6 Å². The van der Waals surface area contributed by atoms with E-state index in [4.69, 9.17) is 14.2 Å². The molecule has 1 fully saturated rings. The maximum Gasteiger partial charge on any atom is 0.161 e. The highest BCUT2D eigenvalue weighted by atomic mass is 16.5. The molecule has 2 atom stereocenters. The van der Waals surface area contributed by atoms with Crippen molar-refractivity contribution in [2.24, 2.45) is 7.05 Å². The third-order valence-electron chi connectivity index (χ3n) is 5.61. The zero-order valence-electron chi connectivity index (χ0n) is 14.7. The van der Waals surface area contributed by atoms with Crippen LogP contribution >= 0.6 is 0 Å². The zero-order chi connectivity index (χ0) is 17.1. The molecule has 1 saturated heterocycles. The highest BCUT2D eigenvalue weighted by Crippen LogP contribution is 2.54. The van der Waals surface area contributed by atoms with E-state index in [2.05, 4.69) is 42.1 Å². The van der Waals surface area contributed by atoms with Gasteiger partial charge < -0.3 is 18.8 Å². The van der Waals surface area contributed by atoms with Crippen molar-refractivity contribution in [1.29, 1.82) is 0 Å². The number of ether oxygens (including phenoxy) is 3. The van der Waals surface area contributed by atoms with Crippen molar-refractivity contribution in [3.05, 3.63) is 47.7 Å². The minimum atomic E-state index is 0.248. The minimum absolute atomic E-state index is 0.248. The normalized spacial score (nSPS) is 20.9. The molecule has 4 heteroatoms. The summed E-state index contributed by atoms with van der Waals surface area (Å²) in [7, 11) is 5.46. The van der Waals surface area contributed by atoms with E-state index in [0.29, 0.717) is 0 Å². The van der Waals surface area contributed by atoms with E-state index in [1.807, 2.05) is 6.07 Å². The first kappa shape index (κ1) is 14.8. The van der Waals surface area contributed by atoms with Gasteiger partial charge in [0.05, 0.1) is 31.9 Å². The summed E-state index contributed by atoms with van der Waals surface area (Å²) in [5.41, 5.74) is 6.42. The van der Waals surface area contributed by atoms with E-state index < -0.39 is 0 Å². The molecule has 3 heterocycles. The first-order valence-electron chi connectivity index (χ1n) is 8.71. The lowest BCUT2D eigenvalue weighted by molar-refractivity contribution is 0.0720. The minimum Gasteiger partial charge on any atom is -0.493 e. The van der Waals surface area contributed by atoms with Gasteiger partial charge >= 0.3 is 0 Å².